The van der Waals surface area contributed by atoms with E-state index in [9.17, 15) is 13.2 Å². The molecule has 1 N–H and O–H groups in total. The van der Waals surface area contributed by atoms with Crippen molar-refractivity contribution in [1.29, 1.82) is 0 Å². The first-order chi connectivity index (χ1) is 14.5. The highest BCUT2D eigenvalue weighted by Gasteiger charge is 2.27. The number of amides is 1. The molecule has 4 rings (SSSR count). The summed E-state index contributed by atoms with van der Waals surface area (Å²) in [6.45, 7) is 3.10. The lowest BCUT2D eigenvalue weighted by molar-refractivity contribution is 0.102. The maximum Gasteiger partial charge on any atom is 0.259 e. The van der Waals surface area contributed by atoms with Crippen LogP contribution < -0.4 is 5.32 Å². The molecule has 1 aromatic heterocycles. The van der Waals surface area contributed by atoms with Crippen molar-refractivity contribution in [3.63, 3.8) is 0 Å². The second-order valence-electron chi connectivity index (χ2n) is 7.20. The van der Waals surface area contributed by atoms with Crippen LogP contribution in [0.4, 0.5) is 5.69 Å². The quantitative estimate of drug-likeness (QED) is 0.657. The monoisotopic (exact) mass is 424 g/mol. The predicted molar refractivity (Wildman–Crippen MR) is 115 cm³/mol. The minimum absolute atomic E-state index is 0.244. The largest absolute Gasteiger partial charge is 0.322 e. The Labute approximate surface area is 176 Å². The molecule has 1 aliphatic rings. The number of nitrogens with one attached hydrogen (secondary N) is 1. The van der Waals surface area contributed by atoms with Gasteiger partial charge in [0.1, 0.15) is 0 Å². The van der Waals surface area contributed by atoms with Gasteiger partial charge in [-0.25, -0.2) is 13.1 Å². The highest BCUT2D eigenvalue weighted by molar-refractivity contribution is 7.89. The summed E-state index contributed by atoms with van der Waals surface area (Å²) in [5, 5.41) is 7.23. The highest BCUT2D eigenvalue weighted by Crippen LogP contribution is 2.23. The van der Waals surface area contributed by atoms with Gasteiger partial charge in [-0.1, -0.05) is 25.1 Å². The van der Waals surface area contributed by atoms with E-state index in [-0.39, 0.29) is 10.8 Å². The first-order valence-corrected chi connectivity index (χ1v) is 11.5. The first kappa shape index (κ1) is 20.3. The smallest absolute Gasteiger partial charge is 0.259 e. The van der Waals surface area contributed by atoms with Gasteiger partial charge >= 0.3 is 0 Å². The normalized spacial score (nSPS) is 14.7. The highest BCUT2D eigenvalue weighted by atomic mass is 32.2. The number of nitrogens with zero attached hydrogens (tertiary/aromatic N) is 3. The number of hydrogen-bond acceptors (Lipinski definition) is 4. The fraction of sp³-hybridized carbons (Fsp3) is 0.273. The van der Waals surface area contributed by atoms with Crippen LogP contribution in [-0.4, -0.2) is 41.5 Å². The van der Waals surface area contributed by atoms with Crippen LogP contribution in [0, 0.1) is 0 Å². The van der Waals surface area contributed by atoms with E-state index in [1.165, 1.54) is 16.4 Å². The van der Waals surface area contributed by atoms with Gasteiger partial charge in [0.05, 0.1) is 28.0 Å². The molecule has 1 saturated heterocycles. The average molecular weight is 425 g/mol. The van der Waals surface area contributed by atoms with E-state index in [0.29, 0.717) is 30.8 Å². The summed E-state index contributed by atoms with van der Waals surface area (Å²) in [5.74, 6) is -0.274. The van der Waals surface area contributed by atoms with Crippen LogP contribution in [0.1, 0.15) is 35.8 Å². The predicted octanol–water partition coefficient (Wildman–Crippen LogP) is 3.47. The van der Waals surface area contributed by atoms with Crippen LogP contribution >= 0.6 is 0 Å². The lowest BCUT2D eigenvalue weighted by Gasteiger charge is -2.15. The van der Waals surface area contributed by atoms with Crippen molar-refractivity contribution in [3.05, 3.63) is 72.1 Å². The van der Waals surface area contributed by atoms with Gasteiger partial charge in [0.2, 0.25) is 10.0 Å². The third kappa shape index (κ3) is 3.88. The van der Waals surface area contributed by atoms with Crippen LogP contribution in [0.3, 0.4) is 0 Å². The topological polar surface area (TPSA) is 84.3 Å². The number of sulfonamides is 1. The van der Waals surface area contributed by atoms with Crippen LogP contribution in [0.25, 0.3) is 5.69 Å². The fourth-order valence-corrected chi connectivity index (χ4v) is 5.20. The summed E-state index contributed by atoms with van der Waals surface area (Å²) < 4.78 is 28.5. The summed E-state index contributed by atoms with van der Waals surface area (Å²) in [6, 6.07) is 16.0. The molecule has 0 aliphatic carbocycles. The van der Waals surface area contributed by atoms with Crippen molar-refractivity contribution >= 4 is 21.6 Å². The zero-order chi connectivity index (χ0) is 21.1. The van der Waals surface area contributed by atoms with Gasteiger partial charge in [-0.05, 0) is 55.7 Å². The summed E-state index contributed by atoms with van der Waals surface area (Å²) >= 11 is 0. The number of carbonyl (C=O) groups is 1. The van der Waals surface area contributed by atoms with Gasteiger partial charge < -0.3 is 5.32 Å². The number of hydrogen-bond donors (Lipinski definition) is 1. The van der Waals surface area contributed by atoms with Crippen LogP contribution in [0.15, 0.2) is 65.7 Å². The Morgan fingerprint density at radius 3 is 2.33 bits per heavy atom. The Hall–Kier alpha value is -2.97. The zero-order valence-electron chi connectivity index (χ0n) is 16.8. The molecule has 0 unspecified atom stereocenters. The summed E-state index contributed by atoms with van der Waals surface area (Å²) in [4.78, 5) is 13.1. The molecule has 1 fully saturated rings. The molecule has 2 heterocycles. The zero-order valence-corrected chi connectivity index (χ0v) is 17.6. The Bertz CT molecular complexity index is 1130. The molecule has 3 aromatic rings. The minimum atomic E-state index is -3.47. The van der Waals surface area contributed by atoms with Gasteiger partial charge in [-0.3, -0.25) is 4.79 Å². The lowest BCUT2D eigenvalue weighted by atomic mass is 10.2. The van der Waals surface area contributed by atoms with Crippen LogP contribution in [0.2, 0.25) is 0 Å². The van der Waals surface area contributed by atoms with E-state index in [1.54, 1.807) is 23.0 Å². The summed E-state index contributed by atoms with van der Waals surface area (Å²) in [5.41, 5.74) is 2.74. The van der Waals surface area contributed by atoms with Crippen LogP contribution in [0.5, 0.6) is 0 Å². The summed E-state index contributed by atoms with van der Waals surface area (Å²) in [7, 11) is -3.47. The number of aromatic nitrogens is 2. The molecule has 7 nitrogen and oxygen atoms in total. The molecular weight excluding hydrogens is 400 g/mol. The van der Waals surface area contributed by atoms with Gasteiger partial charge in [0.25, 0.3) is 5.91 Å². The molecule has 1 amide bonds. The molecule has 0 spiro atoms. The third-order valence-corrected chi connectivity index (χ3v) is 7.18. The van der Waals surface area contributed by atoms with Crippen molar-refractivity contribution < 1.29 is 13.2 Å². The van der Waals surface area contributed by atoms with E-state index in [0.717, 1.165) is 24.2 Å². The van der Waals surface area contributed by atoms with Crippen molar-refractivity contribution in [2.45, 2.75) is 31.1 Å². The van der Waals surface area contributed by atoms with E-state index in [2.05, 4.69) is 10.4 Å². The van der Waals surface area contributed by atoms with Crippen molar-refractivity contribution in [2.75, 3.05) is 18.4 Å². The molecule has 8 heteroatoms. The maximum atomic E-state index is 12.8. The Morgan fingerprint density at radius 1 is 1.03 bits per heavy atom. The number of benzene rings is 2. The average Bonchev–Trinajstić information content (AvgIpc) is 3.45. The molecule has 0 atom stereocenters. The molecule has 0 saturated carbocycles. The van der Waals surface area contributed by atoms with E-state index in [1.807, 2.05) is 37.3 Å². The van der Waals surface area contributed by atoms with E-state index < -0.39 is 10.0 Å². The molecule has 30 heavy (non-hydrogen) atoms. The third-order valence-electron chi connectivity index (χ3n) is 5.26. The Kier molecular flexibility index (Phi) is 5.69. The Morgan fingerprint density at radius 2 is 1.70 bits per heavy atom. The van der Waals surface area contributed by atoms with Gasteiger partial charge in [-0.15, -0.1) is 0 Å². The minimum Gasteiger partial charge on any atom is -0.322 e. The summed E-state index contributed by atoms with van der Waals surface area (Å²) in [6.07, 6.45) is 3.99. The first-order valence-electron chi connectivity index (χ1n) is 10.0. The Balaban J connectivity index is 1.53. The molecule has 2 aromatic carbocycles. The lowest BCUT2D eigenvalue weighted by Crippen LogP contribution is -2.27. The van der Waals surface area contributed by atoms with Crippen molar-refractivity contribution in [1.82, 2.24) is 14.1 Å². The second-order valence-corrected chi connectivity index (χ2v) is 9.13. The molecule has 1 aliphatic heterocycles. The molecule has 156 valence electrons. The standard InChI is InChI=1S/C22H24N4O3S/c1-2-21-20(16-23-26(21)18-8-4-3-5-9-18)22(27)24-17-10-12-19(13-11-17)30(28,29)25-14-6-7-15-25/h3-5,8-13,16H,2,6-7,14-15H2,1H3,(H,24,27). The number of para-hydroxylation sites is 1. The van der Waals surface area contributed by atoms with E-state index >= 15 is 0 Å². The number of carbonyl (C=O) groups excluding carboxylic acids is 1. The van der Waals surface area contributed by atoms with Gasteiger partial charge in [0.15, 0.2) is 0 Å². The molecule has 0 bridgehead atoms. The van der Waals surface area contributed by atoms with Crippen molar-refractivity contribution in [3.8, 4) is 5.69 Å². The van der Waals surface area contributed by atoms with Gasteiger partial charge in [-0.2, -0.15) is 9.40 Å². The molecular formula is C22H24N4O3S. The van der Waals surface area contributed by atoms with Crippen LogP contribution in [-0.2, 0) is 16.4 Å². The fourth-order valence-electron chi connectivity index (χ4n) is 3.68. The van der Waals surface area contributed by atoms with E-state index in [4.69, 9.17) is 0 Å². The van der Waals surface area contributed by atoms with Crippen molar-refractivity contribution in [2.24, 2.45) is 0 Å². The molecule has 0 radical (unpaired) electrons. The second kappa shape index (κ2) is 8.41. The van der Waals surface area contributed by atoms with Gasteiger partial charge in [0, 0.05) is 18.8 Å². The SMILES string of the molecule is CCc1c(C(=O)Nc2ccc(S(=O)(=O)N3CCCC3)cc2)cnn1-c1ccccc1. The number of rotatable bonds is 6. The maximum absolute atomic E-state index is 12.8. The number of anilines is 1.